The molecule has 5 nitrogen and oxygen atoms in total. The molecule has 0 aliphatic heterocycles. The van der Waals surface area contributed by atoms with E-state index in [9.17, 15) is 0 Å². The number of hydrogen-bond acceptors (Lipinski definition) is 5. The molecule has 0 spiro atoms. The number of hydrazone groups is 1. The average molecular weight is 328 g/mol. The van der Waals surface area contributed by atoms with Crippen LogP contribution in [0.25, 0.3) is 0 Å². The Hall–Kier alpha value is -2.69. The number of aryl methyl sites for hydroxylation is 1. The fourth-order valence-electron chi connectivity index (χ4n) is 2.33. The summed E-state index contributed by atoms with van der Waals surface area (Å²) >= 11 is 0. The third-order valence-corrected chi connectivity index (χ3v) is 3.70. The van der Waals surface area contributed by atoms with Crippen LogP contribution >= 0.6 is 0 Å². The Morgan fingerprint density at radius 2 is 1.50 bits per heavy atom. The van der Waals surface area contributed by atoms with E-state index in [0.29, 0.717) is 17.2 Å². The van der Waals surface area contributed by atoms with Crippen LogP contribution in [0.3, 0.4) is 0 Å². The lowest BCUT2D eigenvalue weighted by atomic mass is 10.2. The van der Waals surface area contributed by atoms with Crippen molar-refractivity contribution >= 4 is 11.9 Å². The second-order valence-electron chi connectivity index (χ2n) is 5.25. The molecule has 0 fully saturated rings. The first-order chi connectivity index (χ1) is 11.6. The molecule has 2 aromatic rings. The SMILES string of the molecule is CCN(/N=C\c1cc(OC)c(OC)cc1OC)c1ccc(C)cc1. The summed E-state index contributed by atoms with van der Waals surface area (Å²) < 4.78 is 16.1. The molecule has 0 radical (unpaired) electrons. The van der Waals surface area contributed by atoms with E-state index in [1.807, 2.05) is 11.1 Å². The zero-order valence-electron chi connectivity index (χ0n) is 14.9. The van der Waals surface area contributed by atoms with Gasteiger partial charge in [-0.15, -0.1) is 0 Å². The van der Waals surface area contributed by atoms with Gasteiger partial charge in [0, 0.05) is 18.2 Å². The van der Waals surface area contributed by atoms with Crippen LogP contribution in [0, 0.1) is 6.92 Å². The van der Waals surface area contributed by atoms with Crippen molar-refractivity contribution in [3.05, 3.63) is 47.5 Å². The van der Waals surface area contributed by atoms with Crippen LogP contribution in [0.4, 0.5) is 5.69 Å². The van der Waals surface area contributed by atoms with Crippen molar-refractivity contribution in [3.63, 3.8) is 0 Å². The molecule has 0 aliphatic carbocycles. The van der Waals surface area contributed by atoms with E-state index in [2.05, 4.69) is 43.2 Å². The molecule has 0 aromatic heterocycles. The highest BCUT2D eigenvalue weighted by atomic mass is 16.5. The minimum absolute atomic E-state index is 0.623. The number of methoxy groups -OCH3 is 3. The minimum atomic E-state index is 0.623. The van der Waals surface area contributed by atoms with Gasteiger partial charge in [0.1, 0.15) is 5.75 Å². The summed E-state index contributed by atoms with van der Waals surface area (Å²) in [5.74, 6) is 1.94. The molecule has 24 heavy (non-hydrogen) atoms. The topological polar surface area (TPSA) is 43.3 Å². The quantitative estimate of drug-likeness (QED) is 0.571. The van der Waals surface area contributed by atoms with Crippen LogP contribution < -0.4 is 19.2 Å². The largest absolute Gasteiger partial charge is 0.496 e. The zero-order valence-corrected chi connectivity index (χ0v) is 14.9. The number of nitrogens with zero attached hydrogens (tertiary/aromatic N) is 2. The van der Waals surface area contributed by atoms with E-state index in [0.717, 1.165) is 17.8 Å². The highest BCUT2D eigenvalue weighted by Gasteiger charge is 2.11. The second kappa shape index (κ2) is 8.24. The Morgan fingerprint density at radius 3 is 2.04 bits per heavy atom. The Kier molecular flexibility index (Phi) is 6.07. The van der Waals surface area contributed by atoms with Crippen LogP contribution in [0.5, 0.6) is 17.2 Å². The van der Waals surface area contributed by atoms with Gasteiger partial charge in [-0.05, 0) is 32.0 Å². The Bertz CT molecular complexity index is 697. The molecule has 128 valence electrons. The molecule has 2 rings (SSSR count). The highest BCUT2D eigenvalue weighted by Crippen LogP contribution is 2.33. The van der Waals surface area contributed by atoms with Crippen molar-refractivity contribution < 1.29 is 14.2 Å². The summed E-state index contributed by atoms with van der Waals surface area (Å²) in [6.45, 7) is 4.88. The predicted molar refractivity (Wildman–Crippen MR) is 97.9 cm³/mol. The molecular weight excluding hydrogens is 304 g/mol. The average Bonchev–Trinajstić information content (AvgIpc) is 2.62. The van der Waals surface area contributed by atoms with Gasteiger partial charge in [0.2, 0.25) is 0 Å². The van der Waals surface area contributed by atoms with Gasteiger partial charge in [0.15, 0.2) is 11.5 Å². The Morgan fingerprint density at radius 1 is 0.917 bits per heavy atom. The zero-order chi connectivity index (χ0) is 17.5. The number of hydrogen-bond donors (Lipinski definition) is 0. The lowest BCUT2D eigenvalue weighted by Crippen LogP contribution is -2.15. The van der Waals surface area contributed by atoms with Crippen LogP contribution in [0.1, 0.15) is 18.1 Å². The van der Waals surface area contributed by atoms with E-state index in [-0.39, 0.29) is 0 Å². The van der Waals surface area contributed by atoms with E-state index >= 15 is 0 Å². The molecule has 0 atom stereocenters. The van der Waals surface area contributed by atoms with Crippen LogP contribution in [-0.2, 0) is 0 Å². The summed E-state index contributed by atoms with van der Waals surface area (Å²) in [7, 11) is 4.83. The molecule has 0 N–H and O–H groups in total. The minimum Gasteiger partial charge on any atom is -0.496 e. The van der Waals surface area contributed by atoms with Crippen LogP contribution in [0.2, 0.25) is 0 Å². The van der Waals surface area contributed by atoms with Crippen molar-refractivity contribution in [2.45, 2.75) is 13.8 Å². The molecule has 0 amide bonds. The smallest absolute Gasteiger partial charge is 0.164 e. The molecule has 0 heterocycles. The summed E-state index contributed by atoms with van der Waals surface area (Å²) in [5, 5.41) is 6.51. The van der Waals surface area contributed by atoms with Gasteiger partial charge < -0.3 is 14.2 Å². The van der Waals surface area contributed by atoms with Crippen molar-refractivity contribution in [3.8, 4) is 17.2 Å². The first-order valence-corrected chi connectivity index (χ1v) is 7.81. The van der Waals surface area contributed by atoms with Gasteiger partial charge in [-0.1, -0.05) is 17.7 Å². The monoisotopic (exact) mass is 328 g/mol. The Balaban J connectivity index is 2.33. The van der Waals surface area contributed by atoms with E-state index in [1.54, 1.807) is 33.6 Å². The van der Waals surface area contributed by atoms with E-state index in [1.165, 1.54) is 5.56 Å². The summed E-state index contributed by atoms with van der Waals surface area (Å²) in [6.07, 6.45) is 1.77. The van der Waals surface area contributed by atoms with Crippen LogP contribution in [0.15, 0.2) is 41.5 Å². The normalized spacial score (nSPS) is 10.7. The third kappa shape index (κ3) is 3.98. The van der Waals surface area contributed by atoms with Gasteiger partial charge in [-0.25, -0.2) is 0 Å². The lowest BCUT2D eigenvalue weighted by molar-refractivity contribution is 0.349. The van der Waals surface area contributed by atoms with E-state index in [4.69, 9.17) is 14.2 Å². The first-order valence-electron chi connectivity index (χ1n) is 7.81. The van der Waals surface area contributed by atoms with Crippen molar-refractivity contribution in [1.29, 1.82) is 0 Å². The van der Waals surface area contributed by atoms with Crippen molar-refractivity contribution in [1.82, 2.24) is 0 Å². The second-order valence-corrected chi connectivity index (χ2v) is 5.25. The number of benzene rings is 2. The van der Waals surface area contributed by atoms with Crippen molar-refractivity contribution in [2.24, 2.45) is 5.10 Å². The maximum Gasteiger partial charge on any atom is 0.164 e. The molecular formula is C19H24N2O3. The molecule has 0 saturated heterocycles. The Labute approximate surface area is 143 Å². The van der Waals surface area contributed by atoms with Gasteiger partial charge in [0.05, 0.1) is 33.2 Å². The van der Waals surface area contributed by atoms with E-state index < -0.39 is 0 Å². The molecule has 2 aromatic carbocycles. The predicted octanol–water partition coefficient (Wildman–Crippen LogP) is 3.88. The number of rotatable bonds is 7. The molecule has 0 aliphatic rings. The maximum atomic E-state index is 5.43. The summed E-state index contributed by atoms with van der Waals surface area (Å²) in [5.41, 5.74) is 3.08. The first kappa shape index (κ1) is 17.7. The highest BCUT2D eigenvalue weighted by molar-refractivity contribution is 5.85. The van der Waals surface area contributed by atoms with Gasteiger partial charge in [-0.2, -0.15) is 5.10 Å². The standard InChI is InChI=1S/C19H24N2O3/c1-6-21(16-9-7-14(2)8-10-16)20-13-15-11-18(23-4)19(24-5)12-17(15)22-3/h7-13H,6H2,1-5H3/b20-13-. The fraction of sp³-hybridized carbons (Fsp3) is 0.316. The number of anilines is 1. The molecule has 0 saturated carbocycles. The van der Waals surface area contributed by atoms with Crippen LogP contribution in [-0.4, -0.2) is 34.1 Å². The van der Waals surface area contributed by atoms with Crippen molar-refractivity contribution in [2.75, 3.05) is 32.9 Å². The third-order valence-electron chi connectivity index (χ3n) is 3.70. The summed E-state index contributed by atoms with van der Waals surface area (Å²) in [6, 6.07) is 11.9. The molecule has 5 heteroatoms. The van der Waals surface area contributed by atoms with Gasteiger partial charge in [0.25, 0.3) is 0 Å². The number of ether oxygens (including phenoxy) is 3. The van der Waals surface area contributed by atoms with Gasteiger partial charge in [-0.3, -0.25) is 5.01 Å². The molecule has 0 bridgehead atoms. The molecule has 0 unspecified atom stereocenters. The maximum absolute atomic E-state index is 5.43. The summed E-state index contributed by atoms with van der Waals surface area (Å²) in [4.78, 5) is 0. The fourth-order valence-corrected chi connectivity index (χ4v) is 2.33. The van der Waals surface area contributed by atoms with Gasteiger partial charge >= 0.3 is 0 Å². The lowest BCUT2D eigenvalue weighted by Gasteiger charge is -2.17.